The van der Waals surface area contributed by atoms with Crippen LogP contribution in [0.15, 0.2) is 17.1 Å². The largest absolute Gasteiger partial charge is 0.375 e. The Kier molecular flexibility index (Phi) is 4.80. The smallest absolute Gasteiger partial charge is 0.189 e. The number of nitrogens with two attached hydrogens (primary N) is 1. The minimum absolute atomic E-state index is 0.306. The molecule has 0 aromatic rings. The summed E-state index contributed by atoms with van der Waals surface area (Å²) >= 11 is 0. The maximum Gasteiger partial charge on any atom is 0.189 e. The summed E-state index contributed by atoms with van der Waals surface area (Å²) < 4.78 is 5.66. The first-order valence-corrected chi connectivity index (χ1v) is 5.83. The summed E-state index contributed by atoms with van der Waals surface area (Å²) in [5.74, 6) is 0.510. The minimum atomic E-state index is 0.306. The Morgan fingerprint density at radius 3 is 2.69 bits per heavy atom. The lowest BCUT2D eigenvalue weighted by Gasteiger charge is -2.36. The molecule has 0 heterocycles. The van der Waals surface area contributed by atoms with Gasteiger partial charge in [-0.25, -0.2) is 4.99 Å². The van der Waals surface area contributed by atoms with Crippen LogP contribution in [0.25, 0.3) is 0 Å². The molecule has 1 rings (SSSR count). The van der Waals surface area contributed by atoms with Gasteiger partial charge in [0.1, 0.15) is 0 Å². The molecule has 0 bridgehead atoms. The Morgan fingerprint density at radius 2 is 2.19 bits per heavy atom. The zero-order valence-corrected chi connectivity index (χ0v) is 10.5. The van der Waals surface area contributed by atoms with E-state index in [-0.39, 0.29) is 0 Å². The fourth-order valence-electron chi connectivity index (χ4n) is 1.65. The Morgan fingerprint density at radius 1 is 1.56 bits per heavy atom. The molecule has 1 fully saturated rings. The van der Waals surface area contributed by atoms with Crippen LogP contribution in [-0.4, -0.2) is 30.8 Å². The number of guanidine groups is 1. The number of aliphatic imine (C=N–C) groups is 1. The molecular formula is C12H23N3O. The monoisotopic (exact) mass is 225 g/mol. The molecule has 0 saturated heterocycles. The van der Waals surface area contributed by atoms with Crippen molar-refractivity contribution in [2.45, 2.75) is 51.9 Å². The summed E-state index contributed by atoms with van der Waals surface area (Å²) in [5.41, 5.74) is 6.75. The molecule has 0 aromatic carbocycles. The Bertz CT molecular complexity index is 267. The first-order chi connectivity index (χ1) is 7.47. The van der Waals surface area contributed by atoms with E-state index in [4.69, 9.17) is 10.5 Å². The summed E-state index contributed by atoms with van der Waals surface area (Å²) in [5, 5.41) is 3.18. The van der Waals surface area contributed by atoms with E-state index in [9.17, 15) is 0 Å². The van der Waals surface area contributed by atoms with Crippen LogP contribution in [0.1, 0.15) is 33.6 Å². The van der Waals surface area contributed by atoms with Crippen molar-refractivity contribution in [3.8, 4) is 0 Å². The highest BCUT2D eigenvalue weighted by molar-refractivity contribution is 5.78. The van der Waals surface area contributed by atoms with Crippen molar-refractivity contribution in [2.75, 3.05) is 6.54 Å². The lowest BCUT2D eigenvalue weighted by atomic mass is 9.89. The molecule has 1 saturated carbocycles. The third kappa shape index (κ3) is 4.66. The zero-order valence-electron chi connectivity index (χ0n) is 10.5. The first-order valence-electron chi connectivity index (χ1n) is 5.83. The van der Waals surface area contributed by atoms with Crippen LogP contribution in [0.4, 0.5) is 0 Å². The second-order valence-electron chi connectivity index (χ2n) is 4.78. The number of hydrogen-bond donors (Lipinski definition) is 2. The van der Waals surface area contributed by atoms with E-state index in [2.05, 4.69) is 30.7 Å². The summed E-state index contributed by atoms with van der Waals surface area (Å²) in [6.07, 6.45) is 2.72. The standard InChI is InChI=1S/C12H23N3O/c1-8(2)7-14-12(13)15-10-5-11(6-10)16-9(3)4/h9-11H,1,5-7H2,2-4H3,(H3,13,14,15). The molecule has 4 heteroatoms. The number of ether oxygens (including phenoxy) is 1. The fourth-order valence-corrected chi connectivity index (χ4v) is 1.65. The fraction of sp³-hybridized carbons (Fsp3) is 0.750. The van der Waals surface area contributed by atoms with Gasteiger partial charge in [0.05, 0.1) is 18.8 Å². The Labute approximate surface area is 98.0 Å². The predicted octanol–water partition coefficient (Wildman–Crippen LogP) is 1.42. The summed E-state index contributed by atoms with van der Waals surface area (Å²) in [6, 6.07) is 0.414. The summed E-state index contributed by atoms with van der Waals surface area (Å²) in [4.78, 5) is 4.17. The molecule has 92 valence electrons. The molecule has 1 aliphatic carbocycles. The highest BCUT2D eigenvalue weighted by atomic mass is 16.5. The molecule has 0 aromatic heterocycles. The van der Waals surface area contributed by atoms with Crippen molar-refractivity contribution >= 4 is 5.96 Å². The minimum Gasteiger partial charge on any atom is -0.375 e. The average molecular weight is 225 g/mol. The lowest BCUT2D eigenvalue weighted by Crippen LogP contribution is -2.50. The first kappa shape index (κ1) is 13.0. The van der Waals surface area contributed by atoms with E-state index in [0.717, 1.165) is 18.4 Å². The van der Waals surface area contributed by atoms with Gasteiger partial charge in [-0.15, -0.1) is 0 Å². The van der Waals surface area contributed by atoms with Gasteiger partial charge in [-0.1, -0.05) is 12.2 Å². The molecule has 16 heavy (non-hydrogen) atoms. The predicted molar refractivity (Wildman–Crippen MR) is 67.5 cm³/mol. The van der Waals surface area contributed by atoms with Crippen LogP contribution in [0.3, 0.4) is 0 Å². The topological polar surface area (TPSA) is 59.6 Å². The second kappa shape index (κ2) is 5.89. The van der Waals surface area contributed by atoms with Gasteiger partial charge >= 0.3 is 0 Å². The van der Waals surface area contributed by atoms with Crippen molar-refractivity contribution in [2.24, 2.45) is 10.7 Å². The summed E-state index contributed by atoms with van der Waals surface area (Å²) in [6.45, 7) is 10.4. The zero-order chi connectivity index (χ0) is 12.1. The number of hydrogen-bond acceptors (Lipinski definition) is 2. The second-order valence-corrected chi connectivity index (χ2v) is 4.78. The number of rotatable bonds is 5. The van der Waals surface area contributed by atoms with Gasteiger partial charge in [0.25, 0.3) is 0 Å². The van der Waals surface area contributed by atoms with E-state index in [0.29, 0.717) is 30.8 Å². The number of nitrogens with one attached hydrogen (secondary N) is 1. The van der Waals surface area contributed by atoms with Crippen LogP contribution >= 0.6 is 0 Å². The Balaban J connectivity index is 2.16. The molecule has 0 radical (unpaired) electrons. The van der Waals surface area contributed by atoms with Crippen molar-refractivity contribution in [3.05, 3.63) is 12.2 Å². The normalized spacial score (nSPS) is 25.4. The SMILES string of the molecule is C=C(C)CN=C(N)NC1CC(OC(C)C)C1. The Hall–Kier alpha value is -1.03. The molecular weight excluding hydrogens is 202 g/mol. The van der Waals surface area contributed by atoms with E-state index in [1.54, 1.807) is 0 Å². The molecule has 0 spiro atoms. The maximum absolute atomic E-state index is 5.74. The highest BCUT2D eigenvalue weighted by Crippen LogP contribution is 2.24. The maximum atomic E-state index is 5.74. The third-order valence-corrected chi connectivity index (χ3v) is 2.43. The van der Waals surface area contributed by atoms with Crippen LogP contribution in [-0.2, 0) is 4.74 Å². The lowest BCUT2D eigenvalue weighted by molar-refractivity contribution is -0.0466. The molecule has 4 nitrogen and oxygen atoms in total. The van der Waals surface area contributed by atoms with Crippen LogP contribution < -0.4 is 11.1 Å². The van der Waals surface area contributed by atoms with Gasteiger partial charge in [-0.05, 0) is 33.6 Å². The summed E-state index contributed by atoms with van der Waals surface area (Å²) in [7, 11) is 0. The van der Waals surface area contributed by atoms with Crippen LogP contribution in [0, 0.1) is 0 Å². The molecule has 1 aliphatic rings. The number of nitrogens with zero attached hydrogens (tertiary/aromatic N) is 1. The molecule has 0 amide bonds. The van der Waals surface area contributed by atoms with Gasteiger partial charge in [0, 0.05) is 6.04 Å². The van der Waals surface area contributed by atoms with E-state index in [1.807, 2.05) is 6.92 Å². The molecule has 3 N–H and O–H groups in total. The quantitative estimate of drug-likeness (QED) is 0.422. The average Bonchev–Trinajstić information content (AvgIpc) is 2.10. The molecule has 0 aliphatic heterocycles. The van der Waals surface area contributed by atoms with Gasteiger partial charge in [0.2, 0.25) is 0 Å². The van der Waals surface area contributed by atoms with Crippen molar-refractivity contribution < 1.29 is 4.74 Å². The molecule has 0 unspecified atom stereocenters. The van der Waals surface area contributed by atoms with Gasteiger partial charge in [0.15, 0.2) is 5.96 Å². The van der Waals surface area contributed by atoms with Crippen molar-refractivity contribution in [1.29, 1.82) is 0 Å². The third-order valence-electron chi connectivity index (χ3n) is 2.43. The van der Waals surface area contributed by atoms with Crippen molar-refractivity contribution in [3.63, 3.8) is 0 Å². The van der Waals surface area contributed by atoms with Crippen molar-refractivity contribution in [1.82, 2.24) is 5.32 Å². The molecule has 0 atom stereocenters. The van der Waals surface area contributed by atoms with Crippen LogP contribution in [0.2, 0.25) is 0 Å². The van der Waals surface area contributed by atoms with E-state index in [1.165, 1.54) is 0 Å². The van der Waals surface area contributed by atoms with Gasteiger partial charge in [-0.2, -0.15) is 0 Å². The highest BCUT2D eigenvalue weighted by Gasteiger charge is 2.30. The van der Waals surface area contributed by atoms with E-state index < -0.39 is 0 Å². The van der Waals surface area contributed by atoms with Gasteiger partial charge < -0.3 is 15.8 Å². The van der Waals surface area contributed by atoms with E-state index >= 15 is 0 Å². The van der Waals surface area contributed by atoms with Gasteiger partial charge in [-0.3, -0.25) is 0 Å². The van der Waals surface area contributed by atoms with Crippen LogP contribution in [0.5, 0.6) is 0 Å².